The zero-order chi connectivity index (χ0) is 9.84. The number of Topliss-reactive ketones (excluding diaryl/α,β-unsaturated/α-hetero) is 1. The highest BCUT2D eigenvalue weighted by Crippen LogP contribution is 2.14. The minimum Gasteiger partial charge on any atom is -0.293 e. The van der Waals surface area contributed by atoms with E-state index in [1.807, 2.05) is 31.2 Å². The first kappa shape index (κ1) is 10.3. The van der Waals surface area contributed by atoms with Crippen LogP contribution in [0.15, 0.2) is 24.3 Å². The smallest absolute Gasteiger partial charge is 0.180 e. The predicted molar refractivity (Wildman–Crippen MR) is 55.5 cm³/mol. The van der Waals surface area contributed by atoms with Crippen LogP contribution < -0.4 is 0 Å². The second kappa shape index (κ2) is 4.43. The number of hydrogen-bond donors (Lipinski definition) is 0. The van der Waals surface area contributed by atoms with Crippen LogP contribution >= 0.6 is 11.6 Å². The highest BCUT2D eigenvalue weighted by molar-refractivity contribution is 6.33. The van der Waals surface area contributed by atoms with Crippen molar-refractivity contribution in [1.29, 1.82) is 0 Å². The second-order valence-electron chi connectivity index (χ2n) is 2.99. The molecule has 0 fully saturated rings. The van der Waals surface area contributed by atoms with Gasteiger partial charge in [-0.15, -0.1) is 11.6 Å². The molecule has 0 saturated carbocycles. The van der Waals surface area contributed by atoms with Crippen LogP contribution in [-0.4, -0.2) is 11.2 Å². The quantitative estimate of drug-likeness (QED) is 0.537. The van der Waals surface area contributed by atoms with Crippen molar-refractivity contribution in [3.8, 4) is 0 Å². The molecule has 0 heterocycles. The first-order chi connectivity index (χ1) is 6.16. The van der Waals surface area contributed by atoms with Gasteiger partial charge in [0.2, 0.25) is 0 Å². The van der Waals surface area contributed by atoms with Gasteiger partial charge in [-0.3, -0.25) is 4.79 Å². The molecule has 0 saturated heterocycles. The van der Waals surface area contributed by atoms with Gasteiger partial charge in [-0.05, 0) is 18.9 Å². The molecule has 1 nitrogen and oxygen atoms in total. The SMILES string of the molecule is CCc1ccccc1C(=O)C(C)Cl. The Labute approximate surface area is 83.7 Å². The number of benzene rings is 1. The third-order valence-electron chi connectivity index (χ3n) is 2.03. The molecule has 0 aliphatic carbocycles. The summed E-state index contributed by atoms with van der Waals surface area (Å²) in [6.45, 7) is 3.74. The highest BCUT2D eigenvalue weighted by atomic mass is 35.5. The van der Waals surface area contributed by atoms with E-state index in [-0.39, 0.29) is 5.78 Å². The van der Waals surface area contributed by atoms with Gasteiger partial charge in [0.1, 0.15) is 0 Å². The molecule has 1 aromatic rings. The van der Waals surface area contributed by atoms with Crippen molar-refractivity contribution in [2.75, 3.05) is 0 Å². The van der Waals surface area contributed by atoms with E-state index in [4.69, 9.17) is 11.6 Å². The summed E-state index contributed by atoms with van der Waals surface area (Å²) in [5, 5.41) is -0.437. The van der Waals surface area contributed by atoms with Crippen molar-refractivity contribution in [2.45, 2.75) is 25.6 Å². The summed E-state index contributed by atoms with van der Waals surface area (Å²) in [4.78, 5) is 11.6. The minimum absolute atomic E-state index is 0.0131. The summed E-state index contributed by atoms with van der Waals surface area (Å²) in [7, 11) is 0. The number of ketones is 1. The Kier molecular flexibility index (Phi) is 3.49. The van der Waals surface area contributed by atoms with E-state index in [1.54, 1.807) is 6.92 Å². The van der Waals surface area contributed by atoms with Crippen LogP contribution in [0.4, 0.5) is 0 Å². The van der Waals surface area contributed by atoms with Gasteiger partial charge in [-0.2, -0.15) is 0 Å². The zero-order valence-electron chi connectivity index (χ0n) is 7.88. The first-order valence-electron chi connectivity index (χ1n) is 4.43. The number of rotatable bonds is 3. The van der Waals surface area contributed by atoms with Crippen molar-refractivity contribution < 1.29 is 4.79 Å². The Balaban J connectivity index is 3.06. The summed E-state index contributed by atoms with van der Waals surface area (Å²) in [5.41, 5.74) is 1.83. The van der Waals surface area contributed by atoms with Crippen molar-refractivity contribution in [2.24, 2.45) is 0 Å². The van der Waals surface area contributed by atoms with Gasteiger partial charge in [0, 0.05) is 5.56 Å². The lowest BCUT2D eigenvalue weighted by Gasteiger charge is -2.07. The fraction of sp³-hybridized carbons (Fsp3) is 0.364. The Hall–Kier alpha value is -0.820. The van der Waals surface area contributed by atoms with E-state index in [1.165, 1.54) is 0 Å². The lowest BCUT2D eigenvalue weighted by molar-refractivity contribution is 0.0991. The fourth-order valence-corrected chi connectivity index (χ4v) is 1.40. The summed E-state index contributed by atoms with van der Waals surface area (Å²) < 4.78 is 0. The Morgan fingerprint density at radius 1 is 1.46 bits per heavy atom. The number of alkyl halides is 1. The standard InChI is InChI=1S/C11H13ClO/c1-3-9-6-4-5-7-10(9)11(13)8(2)12/h4-8H,3H2,1-2H3. The Morgan fingerprint density at radius 3 is 2.62 bits per heavy atom. The monoisotopic (exact) mass is 196 g/mol. The molecule has 0 amide bonds. The van der Waals surface area contributed by atoms with Crippen molar-refractivity contribution in [3.05, 3.63) is 35.4 Å². The maximum atomic E-state index is 11.6. The van der Waals surface area contributed by atoms with Crippen LogP contribution in [0.1, 0.15) is 29.8 Å². The van der Waals surface area contributed by atoms with Crippen molar-refractivity contribution >= 4 is 17.4 Å². The van der Waals surface area contributed by atoms with Gasteiger partial charge in [0.25, 0.3) is 0 Å². The molecule has 0 aliphatic heterocycles. The molecule has 0 radical (unpaired) electrons. The van der Waals surface area contributed by atoms with Gasteiger partial charge in [0.05, 0.1) is 5.38 Å². The molecule has 70 valence electrons. The third kappa shape index (κ3) is 2.31. The van der Waals surface area contributed by atoms with Crippen LogP contribution in [0.2, 0.25) is 0 Å². The average molecular weight is 197 g/mol. The molecule has 1 aromatic carbocycles. The molecule has 2 heteroatoms. The number of carbonyl (C=O) groups is 1. The van der Waals surface area contributed by atoms with Crippen LogP contribution in [0.25, 0.3) is 0 Å². The van der Waals surface area contributed by atoms with Crippen LogP contribution in [-0.2, 0) is 6.42 Å². The zero-order valence-corrected chi connectivity index (χ0v) is 8.64. The van der Waals surface area contributed by atoms with Gasteiger partial charge >= 0.3 is 0 Å². The van der Waals surface area contributed by atoms with Gasteiger partial charge < -0.3 is 0 Å². The number of aryl methyl sites for hydroxylation is 1. The molecule has 1 unspecified atom stereocenters. The van der Waals surface area contributed by atoms with E-state index < -0.39 is 5.38 Å². The third-order valence-corrected chi connectivity index (χ3v) is 2.22. The number of halogens is 1. The van der Waals surface area contributed by atoms with E-state index in [2.05, 4.69) is 0 Å². The van der Waals surface area contributed by atoms with E-state index in [0.29, 0.717) is 0 Å². The Bertz CT molecular complexity index is 305. The van der Waals surface area contributed by atoms with Crippen LogP contribution in [0, 0.1) is 0 Å². The summed E-state index contributed by atoms with van der Waals surface area (Å²) in [6.07, 6.45) is 0.867. The Morgan fingerprint density at radius 2 is 2.08 bits per heavy atom. The molecule has 0 bridgehead atoms. The maximum Gasteiger partial charge on any atom is 0.180 e. The number of hydrogen-bond acceptors (Lipinski definition) is 1. The van der Waals surface area contributed by atoms with E-state index >= 15 is 0 Å². The van der Waals surface area contributed by atoms with E-state index in [9.17, 15) is 4.79 Å². The molecule has 0 aliphatic rings. The van der Waals surface area contributed by atoms with Gasteiger partial charge in [0.15, 0.2) is 5.78 Å². The lowest BCUT2D eigenvalue weighted by Crippen LogP contribution is -2.12. The van der Waals surface area contributed by atoms with Gasteiger partial charge in [-0.25, -0.2) is 0 Å². The maximum absolute atomic E-state index is 11.6. The van der Waals surface area contributed by atoms with Crippen molar-refractivity contribution in [1.82, 2.24) is 0 Å². The predicted octanol–water partition coefficient (Wildman–Crippen LogP) is 3.06. The van der Waals surface area contributed by atoms with Gasteiger partial charge in [-0.1, -0.05) is 31.2 Å². The highest BCUT2D eigenvalue weighted by Gasteiger charge is 2.14. The molecule has 0 spiro atoms. The molecular formula is C11H13ClO. The summed E-state index contributed by atoms with van der Waals surface area (Å²) in [5.74, 6) is 0.0131. The van der Waals surface area contributed by atoms with Crippen molar-refractivity contribution in [3.63, 3.8) is 0 Å². The van der Waals surface area contributed by atoms with Crippen LogP contribution in [0.5, 0.6) is 0 Å². The average Bonchev–Trinajstić information content (AvgIpc) is 2.16. The summed E-state index contributed by atoms with van der Waals surface area (Å²) in [6, 6.07) is 7.60. The molecule has 13 heavy (non-hydrogen) atoms. The minimum atomic E-state index is -0.437. The normalized spacial score (nSPS) is 12.5. The fourth-order valence-electron chi connectivity index (χ4n) is 1.28. The molecule has 0 N–H and O–H groups in total. The molecule has 1 rings (SSSR count). The molecule has 1 atom stereocenters. The first-order valence-corrected chi connectivity index (χ1v) is 4.86. The molecular weight excluding hydrogens is 184 g/mol. The van der Waals surface area contributed by atoms with Crippen LogP contribution in [0.3, 0.4) is 0 Å². The summed E-state index contributed by atoms with van der Waals surface area (Å²) >= 11 is 5.74. The van der Waals surface area contributed by atoms with E-state index in [0.717, 1.165) is 17.5 Å². The second-order valence-corrected chi connectivity index (χ2v) is 3.65. The number of carbonyl (C=O) groups excluding carboxylic acids is 1. The topological polar surface area (TPSA) is 17.1 Å². The lowest BCUT2D eigenvalue weighted by atomic mass is 10.0. The molecule has 0 aromatic heterocycles. The largest absolute Gasteiger partial charge is 0.293 e.